The maximum absolute atomic E-state index is 4.54. The van der Waals surface area contributed by atoms with Gasteiger partial charge in [-0.3, -0.25) is 4.98 Å². The zero-order valence-electron chi connectivity index (χ0n) is 9.59. The van der Waals surface area contributed by atoms with Crippen molar-refractivity contribution in [2.75, 3.05) is 7.05 Å². The first-order chi connectivity index (χ1) is 6.81. The van der Waals surface area contributed by atoms with Crippen LogP contribution in [-0.4, -0.2) is 12.0 Å². The third-order valence-electron chi connectivity index (χ3n) is 2.53. The summed E-state index contributed by atoms with van der Waals surface area (Å²) in [6.07, 6.45) is 2.37. The summed E-state index contributed by atoms with van der Waals surface area (Å²) < 4.78 is 0. The van der Waals surface area contributed by atoms with Gasteiger partial charge >= 0.3 is 0 Å². The van der Waals surface area contributed by atoms with E-state index in [1.54, 1.807) is 0 Å². The van der Waals surface area contributed by atoms with Crippen molar-refractivity contribution in [2.45, 2.75) is 39.7 Å². The van der Waals surface area contributed by atoms with Gasteiger partial charge in [-0.15, -0.1) is 0 Å². The van der Waals surface area contributed by atoms with Crippen LogP contribution in [0.15, 0.2) is 12.1 Å². The summed E-state index contributed by atoms with van der Waals surface area (Å²) in [5, 5.41) is 3.28. The third kappa shape index (κ3) is 2.13. The number of fused-ring (bicyclic) bond motifs is 1. The lowest BCUT2D eigenvalue weighted by molar-refractivity contribution is 0.578. The van der Waals surface area contributed by atoms with Crippen LogP contribution in [0.4, 0.5) is 0 Å². The minimum Gasteiger partial charge on any atom is -0.312 e. The highest BCUT2D eigenvalue weighted by Crippen LogP contribution is 2.28. The van der Waals surface area contributed by atoms with Gasteiger partial charge in [0.05, 0.1) is 5.69 Å². The Morgan fingerprint density at radius 2 is 2.07 bits per heavy atom. The molecule has 1 heterocycles. The lowest BCUT2D eigenvalue weighted by atomic mass is 10.2. The maximum atomic E-state index is 4.54. The lowest BCUT2D eigenvalue weighted by Gasteiger charge is -2.08. The van der Waals surface area contributed by atoms with Crippen LogP contribution in [0.3, 0.4) is 0 Å². The van der Waals surface area contributed by atoms with Crippen LogP contribution in [0.25, 0.3) is 0 Å². The summed E-state index contributed by atoms with van der Waals surface area (Å²) >= 11 is 0. The van der Waals surface area contributed by atoms with Crippen LogP contribution in [0.5, 0.6) is 0 Å². The standard InChI is InChI=1S/C10H14N2.C2H6/c1-7-3-4-8-5-6-9(11-2)10(8)12-7;1-2/h3-4,9,11H,5-6H2,1-2H3;1-2H3. The zero-order valence-corrected chi connectivity index (χ0v) is 9.59. The Morgan fingerprint density at radius 1 is 1.36 bits per heavy atom. The highest BCUT2D eigenvalue weighted by Gasteiger charge is 2.21. The van der Waals surface area contributed by atoms with Gasteiger partial charge in [0.2, 0.25) is 0 Å². The summed E-state index contributed by atoms with van der Waals surface area (Å²) in [5.74, 6) is 0. The molecule has 1 N–H and O–H groups in total. The monoisotopic (exact) mass is 192 g/mol. The van der Waals surface area contributed by atoms with Crippen molar-refractivity contribution in [3.8, 4) is 0 Å². The van der Waals surface area contributed by atoms with Gasteiger partial charge in [0.1, 0.15) is 0 Å². The van der Waals surface area contributed by atoms with E-state index in [2.05, 4.69) is 22.4 Å². The summed E-state index contributed by atoms with van der Waals surface area (Å²) in [6, 6.07) is 4.78. The SMILES string of the molecule is CC.CNC1CCc2ccc(C)nc21. The molecule has 1 aromatic heterocycles. The van der Waals surface area contributed by atoms with Gasteiger partial charge in [0.25, 0.3) is 0 Å². The molecule has 2 rings (SSSR count). The number of nitrogens with zero attached hydrogens (tertiary/aromatic N) is 1. The number of hydrogen-bond donors (Lipinski definition) is 1. The first kappa shape index (κ1) is 11.2. The van der Waals surface area contributed by atoms with Gasteiger partial charge in [-0.05, 0) is 38.4 Å². The molecule has 0 saturated carbocycles. The van der Waals surface area contributed by atoms with E-state index in [0.717, 1.165) is 5.69 Å². The Morgan fingerprint density at radius 3 is 2.71 bits per heavy atom. The molecular weight excluding hydrogens is 172 g/mol. The Kier molecular flexibility index (Phi) is 4.08. The summed E-state index contributed by atoms with van der Waals surface area (Å²) in [5.41, 5.74) is 3.80. The summed E-state index contributed by atoms with van der Waals surface area (Å²) in [7, 11) is 2.00. The van der Waals surface area contributed by atoms with Gasteiger partial charge in [0.15, 0.2) is 0 Å². The predicted molar refractivity (Wildman–Crippen MR) is 60.4 cm³/mol. The second-order valence-corrected chi connectivity index (χ2v) is 3.38. The molecule has 14 heavy (non-hydrogen) atoms. The van der Waals surface area contributed by atoms with Gasteiger partial charge < -0.3 is 5.32 Å². The highest BCUT2D eigenvalue weighted by atomic mass is 14.9. The van der Waals surface area contributed by atoms with Crippen molar-refractivity contribution in [2.24, 2.45) is 0 Å². The summed E-state index contributed by atoms with van der Waals surface area (Å²) in [4.78, 5) is 4.54. The average molecular weight is 192 g/mol. The first-order valence-corrected chi connectivity index (χ1v) is 5.45. The second kappa shape index (κ2) is 5.11. The highest BCUT2D eigenvalue weighted by molar-refractivity contribution is 5.29. The molecular formula is C12H20N2. The molecule has 78 valence electrons. The molecule has 0 amide bonds. The fourth-order valence-corrected chi connectivity index (χ4v) is 1.84. The van der Waals surface area contributed by atoms with Crippen LogP contribution < -0.4 is 5.32 Å². The van der Waals surface area contributed by atoms with Crippen molar-refractivity contribution < 1.29 is 0 Å². The smallest absolute Gasteiger partial charge is 0.0608 e. The van der Waals surface area contributed by atoms with E-state index in [0.29, 0.717) is 6.04 Å². The molecule has 0 aromatic carbocycles. The average Bonchev–Trinajstić information content (AvgIpc) is 2.63. The maximum Gasteiger partial charge on any atom is 0.0608 e. The van der Waals surface area contributed by atoms with Gasteiger partial charge in [-0.2, -0.15) is 0 Å². The Balaban J connectivity index is 0.000000461. The van der Waals surface area contributed by atoms with Crippen molar-refractivity contribution in [3.05, 3.63) is 29.1 Å². The Labute approximate surface area is 86.8 Å². The molecule has 0 fully saturated rings. The van der Waals surface area contributed by atoms with Crippen molar-refractivity contribution >= 4 is 0 Å². The van der Waals surface area contributed by atoms with Gasteiger partial charge in [-0.25, -0.2) is 0 Å². The molecule has 0 aliphatic heterocycles. The predicted octanol–water partition coefficient (Wildman–Crippen LogP) is 2.62. The molecule has 0 spiro atoms. The molecule has 1 atom stereocenters. The molecule has 2 heteroatoms. The molecule has 1 unspecified atom stereocenters. The van der Waals surface area contributed by atoms with Crippen LogP contribution in [-0.2, 0) is 6.42 Å². The molecule has 1 aromatic rings. The molecule has 0 saturated heterocycles. The van der Waals surface area contributed by atoms with Gasteiger partial charge in [0, 0.05) is 11.7 Å². The number of nitrogens with one attached hydrogen (secondary N) is 1. The zero-order chi connectivity index (χ0) is 10.6. The number of aromatic nitrogens is 1. The van der Waals surface area contributed by atoms with E-state index in [-0.39, 0.29) is 0 Å². The summed E-state index contributed by atoms with van der Waals surface area (Å²) in [6.45, 7) is 6.05. The van der Waals surface area contributed by atoms with Crippen LogP contribution in [0, 0.1) is 6.92 Å². The number of aryl methyl sites for hydroxylation is 2. The lowest BCUT2D eigenvalue weighted by Crippen LogP contribution is -2.14. The van der Waals surface area contributed by atoms with E-state index in [9.17, 15) is 0 Å². The van der Waals surface area contributed by atoms with Crippen molar-refractivity contribution in [3.63, 3.8) is 0 Å². The quantitative estimate of drug-likeness (QED) is 0.740. The molecule has 1 aliphatic rings. The van der Waals surface area contributed by atoms with E-state index in [1.165, 1.54) is 24.1 Å². The topological polar surface area (TPSA) is 24.9 Å². The van der Waals surface area contributed by atoms with Crippen LogP contribution in [0.2, 0.25) is 0 Å². The number of hydrogen-bond acceptors (Lipinski definition) is 2. The van der Waals surface area contributed by atoms with Crippen molar-refractivity contribution in [1.29, 1.82) is 0 Å². The van der Waals surface area contributed by atoms with E-state index in [1.807, 2.05) is 27.8 Å². The molecule has 1 aliphatic carbocycles. The van der Waals surface area contributed by atoms with E-state index >= 15 is 0 Å². The minimum atomic E-state index is 0.486. The van der Waals surface area contributed by atoms with Crippen LogP contribution >= 0.6 is 0 Å². The first-order valence-electron chi connectivity index (χ1n) is 5.45. The molecule has 0 radical (unpaired) electrons. The molecule has 2 nitrogen and oxygen atoms in total. The Bertz CT molecular complexity index is 294. The number of pyridine rings is 1. The third-order valence-corrected chi connectivity index (χ3v) is 2.53. The number of rotatable bonds is 1. The van der Waals surface area contributed by atoms with E-state index in [4.69, 9.17) is 0 Å². The van der Waals surface area contributed by atoms with Gasteiger partial charge in [-0.1, -0.05) is 19.9 Å². The normalized spacial score (nSPS) is 18.4. The molecule has 0 bridgehead atoms. The minimum absolute atomic E-state index is 0.486. The fourth-order valence-electron chi connectivity index (χ4n) is 1.84. The fraction of sp³-hybridized carbons (Fsp3) is 0.583. The second-order valence-electron chi connectivity index (χ2n) is 3.38. The van der Waals surface area contributed by atoms with Crippen LogP contribution in [0.1, 0.15) is 43.3 Å². The van der Waals surface area contributed by atoms with E-state index < -0.39 is 0 Å². The Hall–Kier alpha value is -0.890. The largest absolute Gasteiger partial charge is 0.312 e. The van der Waals surface area contributed by atoms with Crippen molar-refractivity contribution in [1.82, 2.24) is 10.3 Å².